The lowest BCUT2D eigenvalue weighted by atomic mass is 10.2. The Morgan fingerprint density at radius 3 is 1.00 bits per heavy atom. The van der Waals surface area contributed by atoms with E-state index in [1.807, 2.05) is 134 Å². The quantitative estimate of drug-likeness (QED) is 0.0731. The lowest BCUT2D eigenvalue weighted by molar-refractivity contribution is 0.173. The molecule has 6 aliphatic rings. The first-order chi connectivity index (χ1) is 52.3. The number of aromatic nitrogens is 6. The maximum Gasteiger partial charge on any atom is 0.294 e. The number of hydrogen-bond acceptors (Lipinski definition) is 23. The largest absolute Gasteiger partial charge is 0.454 e. The smallest absolute Gasteiger partial charge is 0.294 e. The molecule has 6 aliphatic heterocycles. The van der Waals surface area contributed by atoms with Crippen molar-refractivity contribution in [3.63, 3.8) is 0 Å². The number of nitrogens with zero attached hydrogens (tertiary/aromatic N) is 12. The van der Waals surface area contributed by atoms with Crippen LogP contribution < -0.4 is 59.1 Å². The number of fused-ring (bicyclic) bond motifs is 12. The highest BCUT2D eigenvalue weighted by atomic mass is 32.2. The van der Waals surface area contributed by atoms with Crippen LogP contribution in [0.1, 0.15) is 22.3 Å². The molecule has 19 rings (SSSR count). The van der Waals surface area contributed by atoms with Crippen LogP contribution in [0.15, 0.2) is 189 Å². The van der Waals surface area contributed by atoms with Crippen molar-refractivity contribution in [2.75, 3.05) is 114 Å². The lowest BCUT2D eigenvalue weighted by Gasteiger charge is -2.36. The molecule has 31 heteroatoms. The van der Waals surface area contributed by atoms with E-state index in [1.165, 1.54) is 12.1 Å². The Balaban J connectivity index is 0.000000114. The number of benzene rings is 7. The normalized spacial score (nSPS) is 15.1. The molecule has 107 heavy (non-hydrogen) atoms. The van der Waals surface area contributed by atoms with Gasteiger partial charge in [0.05, 0.1) is 4.90 Å². The molecule has 7 aromatic carbocycles. The minimum Gasteiger partial charge on any atom is -0.454 e. The molecule has 0 atom stereocenters. The molecule has 0 aliphatic carbocycles. The average Bonchev–Trinajstić information content (AvgIpc) is 1.68. The van der Waals surface area contributed by atoms with Crippen LogP contribution in [0.2, 0.25) is 0 Å². The van der Waals surface area contributed by atoms with Gasteiger partial charge in [-0.2, -0.15) is 8.42 Å². The molecule has 12 heterocycles. The first-order valence-electron chi connectivity index (χ1n) is 34.7. The number of rotatable bonds is 10. The molecule has 4 N–H and O–H groups in total. The third kappa shape index (κ3) is 15.3. The van der Waals surface area contributed by atoms with E-state index in [2.05, 4.69) is 75.3 Å². The van der Waals surface area contributed by atoms with Gasteiger partial charge in [-0.15, -0.1) is 0 Å². The number of furan rings is 3. The Morgan fingerprint density at radius 2 is 0.692 bits per heavy atom. The summed E-state index contributed by atoms with van der Waals surface area (Å²) in [5.74, 6) is 7.23. The van der Waals surface area contributed by atoms with Gasteiger partial charge in [0.2, 0.25) is 20.4 Å². The second-order valence-electron chi connectivity index (χ2n) is 25.7. The minimum absolute atomic E-state index is 0.0666. The topological polar surface area (TPSA) is 282 Å². The summed E-state index contributed by atoms with van der Waals surface area (Å²) in [5, 5.41) is 15.4. The van der Waals surface area contributed by atoms with Crippen molar-refractivity contribution < 1.29 is 54.6 Å². The number of piperazine rings is 3. The predicted molar refractivity (Wildman–Crippen MR) is 416 cm³/mol. The van der Waals surface area contributed by atoms with Crippen molar-refractivity contribution in [3.05, 3.63) is 193 Å². The van der Waals surface area contributed by atoms with Crippen molar-refractivity contribution in [2.24, 2.45) is 0 Å². The average molecular weight is 1510 g/mol. The van der Waals surface area contributed by atoms with Gasteiger partial charge >= 0.3 is 0 Å². The van der Waals surface area contributed by atoms with Gasteiger partial charge in [0.15, 0.2) is 84.0 Å². The SMILES string of the molecule is Cc1ccc(S(=O)(=O)O)cc1.S=C(NCc1ccc2c(c1)OCO2)N1CCN(c2ncnc3c2oc2ccccc23)CC1.S=C(NCc1ccc2c(c1)OCO2)N1CCN(c2ncnc3c2oc2ccccc23)CC1.S=C(NCc1ccc2c(c1)OCO2)N1CCN(c2ncnc3c2oc2ccccc23)CC1. The Morgan fingerprint density at radius 1 is 0.393 bits per heavy atom. The van der Waals surface area contributed by atoms with Crippen LogP contribution in [0.25, 0.3) is 66.2 Å². The standard InChI is InChI=1S/3C23H21N5O3S.C7H8O3S/c3*32-23(24-12-15-5-6-18-19(11-15)30-14-29-18)28-9-7-27(8-10-28)22-21-20(25-13-26-22)16-3-1-2-4-17(16)31-21;1-6-2-4-7(5-3-6)11(8,9)10/h3*1-6,11,13H,7-10,12,14H2,(H,24,32);2-5H,1H3,(H,8,9,10). The van der Waals surface area contributed by atoms with E-state index in [1.54, 1.807) is 31.1 Å². The molecular weight excluding hydrogens is 1440 g/mol. The van der Waals surface area contributed by atoms with Crippen LogP contribution in [-0.2, 0) is 29.8 Å². The van der Waals surface area contributed by atoms with E-state index in [4.69, 9.17) is 82.9 Å². The van der Waals surface area contributed by atoms with Crippen molar-refractivity contribution in [2.45, 2.75) is 31.5 Å². The molecule has 0 radical (unpaired) electrons. The number of ether oxygens (including phenoxy) is 6. The summed E-state index contributed by atoms with van der Waals surface area (Å²) in [4.78, 5) is 40.2. The summed E-state index contributed by atoms with van der Waals surface area (Å²) in [6.45, 7) is 14.2. The molecule has 3 fully saturated rings. The summed E-state index contributed by atoms with van der Waals surface area (Å²) in [5.41, 5.74) is 11.5. The van der Waals surface area contributed by atoms with Crippen molar-refractivity contribution in [3.8, 4) is 34.5 Å². The zero-order chi connectivity index (χ0) is 73.0. The number of aryl methyl sites for hydroxylation is 1. The zero-order valence-corrected chi connectivity index (χ0v) is 61.1. The number of para-hydroxylation sites is 3. The van der Waals surface area contributed by atoms with Crippen molar-refractivity contribution in [1.82, 2.24) is 60.6 Å². The lowest BCUT2D eigenvalue weighted by Crippen LogP contribution is -2.51. The van der Waals surface area contributed by atoms with Gasteiger partial charge in [-0.25, -0.2) is 29.9 Å². The van der Waals surface area contributed by atoms with Crippen LogP contribution >= 0.6 is 36.7 Å². The second-order valence-corrected chi connectivity index (χ2v) is 28.3. The highest BCUT2D eigenvalue weighted by Crippen LogP contribution is 2.38. The molecule has 0 spiro atoms. The Bertz CT molecular complexity index is 5110. The van der Waals surface area contributed by atoms with Crippen molar-refractivity contribution in [1.29, 1.82) is 0 Å². The van der Waals surface area contributed by atoms with E-state index in [0.717, 1.165) is 234 Å². The van der Waals surface area contributed by atoms with Crippen LogP contribution in [0.4, 0.5) is 17.5 Å². The number of nitrogens with one attached hydrogen (secondary N) is 3. The summed E-state index contributed by atoms with van der Waals surface area (Å²) in [6, 6.07) is 47.7. The molecule has 0 saturated carbocycles. The summed E-state index contributed by atoms with van der Waals surface area (Å²) in [7, 11) is -4.02. The first kappa shape index (κ1) is 69.7. The molecule has 0 bridgehead atoms. The molecule has 6 aromatic heterocycles. The maximum absolute atomic E-state index is 10.5. The number of anilines is 3. The minimum atomic E-state index is -4.02. The number of hydrogen-bond donors (Lipinski definition) is 4. The van der Waals surface area contributed by atoms with Crippen LogP contribution in [-0.4, -0.2) is 172 Å². The fourth-order valence-corrected chi connectivity index (χ4v) is 14.5. The fraction of sp³-hybridized carbons (Fsp3) is 0.250. The number of thiocarbonyl (C=S) groups is 3. The fourth-order valence-electron chi connectivity index (χ4n) is 13.3. The van der Waals surface area contributed by atoms with E-state index in [9.17, 15) is 8.42 Å². The van der Waals surface area contributed by atoms with Crippen molar-refractivity contribution >= 4 is 146 Å². The van der Waals surface area contributed by atoms with Gasteiger partial charge in [-0.1, -0.05) is 72.3 Å². The van der Waals surface area contributed by atoms with E-state index >= 15 is 0 Å². The Hall–Kier alpha value is -11.6. The Kier molecular flexibility index (Phi) is 20.1. The second kappa shape index (κ2) is 30.8. The third-order valence-electron chi connectivity index (χ3n) is 19.0. The van der Waals surface area contributed by atoms with Gasteiger partial charge < -0.3 is 87.0 Å². The highest BCUT2D eigenvalue weighted by molar-refractivity contribution is 7.85. The summed E-state index contributed by atoms with van der Waals surface area (Å²) >= 11 is 16.9. The van der Waals surface area contributed by atoms with E-state index in [0.29, 0.717) is 19.6 Å². The van der Waals surface area contributed by atoms with Gasteiger partial charge in [-0.3, -0.25) is 4.55 Å². The summed E-state index contributed by atoms with van der Waals surface area (Å²) < 4.78 is 80.3. The predicted octanol–water partition coefficient (Wildman–Crippen LogP) is 11.1. The monoisotopic (exact) mass is 1510 g/mol. The van der Waals surface area contributed by atoms with Gasteiger partial charge in [-0.05, 0) is 145 Å². The van der Waals surface area contributed by atoms with Crippen LogP contribution in [0.3, 0.4) is 0 Å². The van der Waals surface area contributed by atoms with E-state index in [-0.39, 0.29) is 25.3 Å². The molecule has 27 nitrogen and oxygen atoms in total. The molecule has 546 valence electrons. The van der Waals surface area contributed by atoms with E-state index < -0.39 is 10.1 Å². The first-order valence-corrected chi connectivity index (χ1v) is 37.3. The Labute approximate surface area is 629 Å². The third-order valence-corrected chi connectivity index (χ3v) is 21.1. The van der Waals surface area contributed by atoms with Crippen LogP contribution in [0.5, 0.6) is 34.5 Å². The van der Waals surface area contributed by atoms with Gasteiger partial charge in [0.1, 0.15) is 52.3 Å². The zero-order valence-electron chi connectivity index (χ0n) is 57.8. The van der Waals surface area contributed by atoms with Gasteiger partial charge in [0.25, 0.3) is 10.1 Å². The molecule has 13 aromatic rings. The summed E-state index contributed by atoms with van der Waals surface area (Å²) in [6.07, 6.45) is 4.84. The maximum atomic E-state index is 10.5. The molecule has 3 saturated heterocycles. The van der Waals surface area contributed by atoms with Crippen LogP contribution in [0, 0.1) is 6.92 Å². The highest BCUT2D eigenvalue weighted by Gasteiger charge is 2.29. The molecular formula is C76H71N15O12S4. The molecule has 0 unspecified atom stereocenters. The van der Waals surface area contributed by atoms with Gasteiger partial charge in [0, 0.05) is 114 Å². The molecule has 0 amide bonds.